The van der Waals surface area contributed by atoms with Gasteiger partial charge in [0.15, 0.2) is 0 Å². The van der Waals surface area contributed by atoms with Crippen molar-refractivity contribution in [2.45, 2.75) is 11.4 Å². The van der Waals surface area contributed by atoms with Gasteiger partial charge in [-0.05, 0) is 30.3 Å². The van der Waals surface area contributed by atoms with Gasteiger partial charge < -0.3 is 15.1 Å². The first-order valence-corrected chi connectivity index (χ1v) is 7.78. The van der Waals surface area contributed by atoms with Crippen LogP contribution < -0.4 is 5.73 Å². The van der Waals surface area contributed by atoms with Crippen molar-refractivity contribution in [2.24, 2.45) is 0 Å². The van der Waals surface area contributed by atoms with Crippen LogP contribution in [0.15, 0.2) is 50.4 Å². The molecule has 4 nitrogen and oxygen atoms in total. The Hall–Kier alpha value is -1.40. The Morgan fingerprint density at radius 2 is 2.25 bits per heavy atom. The van der Waals surface area contributed by atoms with Gasteiger partial charge in [0, 0.05) is 22.1 Å². The zero-order chi connectivity index (χ0) is 14.5. The lowest BCUT2D eigenvalue weighted by molar-refractivity contribution is -0.127. The summed E-state index contributed by atoms with van der Waals surface area (Å²) in [6, 6.07) is 9.31. The average molecular weight is 355 g/mol. The summed E-state index contributed by atoms with van der Waals surface area (Å²) in [6.45, 7) is 0.474. The van der Waals surface area contributed by atoms with E-state index in [2.05, 4.69) is 15.9 Å². The Kier molecular flexibility index (Phi) is 5.14. The van der Waals surface area contributed by atoms with E-state index >= 15 is 0 Å². The van der Waals surface area contributed by atoms with Crippen molar-refractivity contribution >= 4 is 39.3 Å². The second kappa shape index (κ2) is 6.85. The molecule has 0 saturated carbocycles. The summed E-state index contributed by atoms with van der Waals surface area (Å²) in [5, 5.41) is 0. The van der Waals surface area contributed by atoms with E-state index in [0.717, 1.165) is 15.1 Å². The molecule has 0 unspecified atom stereocenters. The van der Waals surface area contributed by atoms with E-state index in [4.69, 9.17) is 10.2 Å². The predicted molar refractivity (Wildman–Crippen MR) is 84.5 cm³/mol. The molecule has 1 amide bonds. The summed E-state index contributed by atoms with van der Waals surface area (Å²) >= 11 is 4.80. The van der Waals surface area contributed by atoms with Gasteiger partial charge in [0.05, 0.1) is 18.6 Å². The quantitative estimate of drug-likeness (QED) is 0.660. The number of carbonyl (C=O) groups excluding carboxylic acids is 1. The van der Waals surface area contributed by atoms with Crippen LogP contribution >= 0.6 is 27.7 Å². The molecule has 0 saturated heterocycles. The Bertz CT molecular complexity index is 587. The summed E-state index contributed by atoms with van der Waals surface area (Å²) < 4.78 is 6.15. The van der Waals surface area contributed by atoms with Crippen LogP contribution in [0.5, 0.6) is 0 Å². The minimum absolute atomic E-state index is 0.0359. The molecule has 0 aliphatic carbocycles. The van der Waals surface area contributed by atoms with Crippen molar-refractivity contribution in [3.8, 4) is 0 Å². The van der Waals surface area contributed by atoms with Crippen LogP contribution in [-0.2, 0) is 11.3 Å². The minimum Gasteiger partial charge on any atom is -0.467 e. The molecule has 2 rings (SSSR count). The predicted octanol–water partition coefficient (Wildman–Crippen LogP) is 3.38. The number of thioether (sulfide) groups is 1. The first-order chi connectivity index (χ1) is 9.56. The number of rotatable bonds is 5. The summed E-state index contributed by atoms with van der Waals surface area (Å²) in [5.74, 6) is 1.16. The Balaban J connectivity index is 1.88. The van der Waals surface area contributed by atoms with E-state index in [-0.39, 0.29) is 5.91 Å². The number of nitrogens with zero attached hydrogens (tertiary/aromatic N) is 1. The second-order valence-electron chi connectivity index (χ2n) is 4.30. The summed E-state index contributed by atoms with van der Waals surface area (Å²) in [6.07, 6.45) is 1.60. The molecule has 0 aliphatic heterocycles. The number of anilines is 1. The van der Waals surface area contributed by atoms with E-state index in [9.17, 15) is 4.79 Å². The van der Waals surface area contributed by atoms with Crippen LogP contribution in [0.4, 0.5) is 5.69 Å². The first kappa shape index (κ1) is 15.0. The lowest BCUT2D eigenvalue weighted by Crippen LogP contribution is -2.27. The van der Waals surface area contributed by atoms with Crippen LogP contribution in [0.2, 0.25) is 0 Å². The van der Waals surface area contributed by atoms with Crippen LogP contribution in [-0.4, -0.2) is 23.6 Å². The molecular weight excluding hydrogens is 340 g/mol. The number of carbonyl (C=O) groups is 1. The largest absolute Gasteiger partial charge is 0.467 e. The topological polar surface area (TPSA) is 59.5 Å². The molecule has 0 bridgehead atoms. The smallest absolute Gasteiger partial charge is 0.233 e. The molecule has 0 aliphatic rings. The lowest BCUT2D eigenvalue weighted by Gasteiger charge is -2.15. The van der Waals surface area contributed by atoms with Gasteiger partial charge in [-0.3, -0.25) is 4.79 Å². The molecule has 0 fully saturated rings. The maximum Gasteiger partial charge on any atom is 0.233 e. The zero-order valence-corrected chi connectivity index (χ0v) is 13.4. The summed E-state index contributed by atoms with van der Waals surface area (Å²) in [4.78, 5) is 14.6. The molecule has 20 heavy (non-hydrogen) atoms. The number of benzene rings is 1. The second-order valence-corrected chi connectivity index (χ2v) is 6.23. The zero-order valence-electron chi connectivity index (χ0n) is 11.0. The third kappa shape index (κ3) is 4.05. The fraction of sp³-hybridized carbons (Fsp3) is 0.214. The van der Waals surface area contributed by atoms with Crippen molar-refractivity contribution in [1.82, 2.24) is 4.90 Å². The Morgan fingerprint density at radius 1 is 1.45 bits per heavy atom. The lowest BCUT2D eigenvalue weighted by atomic mass is 10.3. The Morgan fingerprint density at radius 3 is 2.90 bits per heavy atom. The van der Waals surface area contributed by atoms with Crippen molar-refractivity contribution in [3.63, 3.8) is 0 Å². The molecule has 1 heterocycles. The fourth-order valence-corrected chi connectivity index (χ4v) is 2.89. The average Bonchev–Trinajstić information content (AvgIpc) is 2.90. The number of halogens is 1. The van der Waals surface area contributed by atoms with E-state index in [1.54, 1.807) is 18.2 Å². The number of amides is 1. The molecule has 0 atom stereocenters. The van der Waals surface area contributed by atoms with Crippen molar-refractivity contribution in [1.29, 1.82) is 0 Å². The van der Waals surface area contributed by atoms with Gasteiger partial charge in [-0.2, -0.15) is 0 Å². The fourth-order valence-electron chi connectivity index (χ4n) is 1.62. The number of nitrogen functional groups attached to an aromatic ring is 1. The molecular formula is C14H15BrN2O2S. The van der Waals surface area contributed by atoms with Crippen molar-refractivity contribution < 1.29 is 9.21 Å². The van der Waals surface area contributed by atoms with Crippen LogP contribution in [0, 0.1) is 0 Å². The maximum absolute atomic E-state index is 12.0. The highest BCUT2D eigenvalue weighted by Crippen LogP contribution is 2.28. The number of hydrogen-bond donors (Lipinski definition) is 1. The molecule has 2 aromatic rings. The third-order valence-corrected chi connectivity index (χ3v) is 4.29. The van der Waals surface area contributed by atoms with E-state index in [0.29, 0.717) is 18.0 Å². The number of furan rings is 1. The van der Waals surface area contributed by atoms with E-state index < -0.39 is 0 Å². The van der Waals surface area contributed by atoms with Gasteiger partial charge in [0.25, 0.3) is 0 Å². The van der Waals surface area contributed by atoms with Gasteiger partial charge in [-0.25, -0.2) is 0 Å². The van der Waals surface area contributed by atoms with Gasteiger partial charge in [-0.15, -0.1) is 11.8 Å². The van der Waals surface area contributed by atoms with Gasteiger partial charge in [-0.1, -0.05) is 15.9 Å². The minimum atomic E-state index is 0.0359. The van der Waals surface area contributed by atoms with Gasteiger partial charge >= 0.3 is 0 Å². The summed E-state index contributed by atoms with van der Waals surface area (Å²) in [5.41, 5.74) is 6.57. The van der Waals surface area contributed by atoms with Crippen molar-refractivity contribution in [3.05, 3.63) is 46.8 Å². The highest BCUT2D eigenvalue weighted by atomic mass is 79.9. The molecule has 1 aromatic heterocycles. The van der Waals surface area contributed by atoms with E-state index in [1.807, 2.05) is 30.3 Å². The normalized spacial score (nSPS) is 10.5. The standard InChI is InChI=1S/C14H15BrN2O2S/c1-17(8-11-3-2-6-19-11)14(18)9-20-13-5-4-10(15)7-12(13)16/h2-7H,8-9,16H2,1H3. The highest BCUT2D eigenvalue weighted by Gasteiger charge is 2.12. The maximum atomic E-state index is 12.0. The molecule has 0 radical (unpaired) electrons. The monoisotopic (exact) mass is 354 g/mol. The van der Waals surface area contributed by atoms with Gasteiger partial charge in [0.2, 0.25) is 5.91 Å². The highest BCUT2D eigenvalue weighted by molar-refractivity contribution is 9.10. The van der Waals surface area contributed by atoms with E-state index in [1.165, 1.54) is 11.8 Å². The summed E-state index contributed by atoms with van der Waals surface area (Å²) in [7, 11) is 1.76. The molecule has 6 heteroatoms. The third-order valence-electron chi connectivity index (χ3n) is 2.72. The van der Waals surface area contributed by atoms with Crippen LogP contribution in [0.1, 0.15) is 5.76 Å². The van der Waals surface area contributed by atoms with Gasteiger partial charge in [0.1, 0.15) is 5.76 Å². The van der Waals surface area contributed by atoms with Crippen LogP contribution in [0.25, 0.3) is 0 Å². The molecule has 0 spiro atoms. The van der Waals surface area contributed by atoms with Crippen LogP contribution in [0.3, 0.4) is 0 Å². The molecule has 2 N–H and O–H groups in total. The molecule has 1 aromatic carbocycles. The number of hydrogen-bond acceptors (Lipinski definition) is 4. The SMILES string of the molecule is CN(Cc1ccco1)C(=O)CSc1ccc(Br)cc1N. The van der Waals surface area contributed by atoms with Crippen molar-refractivity contribution in [2.75, 3.05) is 18.5 Å². The number of nitrogens with two attached hydrogens (primary N) is 1. The Labute approximate surface area is 130 Å². The molecule has 106 valence electrons. The first-order valence-electron chi connectivity index (χ1n) is 6.00.